The second kappa shape index (κ2) is 6.33. The average Bonchev–Trinajstić information content (AvgIpc) is 2.55. The number of aromatic nitrogens is 2. The van der Waals surface area contributed by atoms with Gasteiger partial charge in [0.25, 0.3) is 0 Å². The van der Waals surface area contributed by atoms with E-state index in [0.717, 1.165) is 22.2 Å². The number of fused-ring (bicyclic) bond motifs is 1. The highest BCUT2D eigenvalue weighted by Gasteiger charge is 2.10. The lowest BCUT2D eigenvalue weighted by Crippen LogP contribution is -2.07. The summed E-state index contributed by atoms with van der Waals surface area (Å²) in [5.41, 5.74) is 2.81. The van der Waals surface area contributed by atoms with Crippen LogP contribution in [-0.2, 0) is 4.74 Å². The van der Waals surface area contributed by atoms with Crippen molar-refractivity contribution in [1.29, 1.82) is 0 Å². The highest BCUT2D eigenvalue weighted by atomic mass is 16.5. The third kappa shape index (κ3) is 3.01. The molecule has 0 atom stereocenters. The minimum atomic E-state index is 0.379. The molecule has 0 spiro atoms. The standard InChI is InChI=1S/C17H16N2O2/c1-20-11-12-21-17-18-15-10-6-5-9-14(15)16(19-17)13-7-3-2-4-8-13/h2-10H,11-12H2,1H3. The second-order valence-corrected chi connectivity index (χ2v) is 4.58. The zero-order valence-corrected chi connectivity index (χ0v) is 11.8. The molecule has 4 heteroatoms. The smallest absolute Gasteiger partial charge is 0.317 e. The van der Waals surface area contributed by atoms with Crippen LogP contribution in [0.15, 0.2) is 54.6 Å². The fraction of sp³-hybridized carbons (Fsp3) is 0.176. The maximum absolute atomic E-state index is 5.57. The molecule has 0 unspecified atom stereocenters. The maximum Gasteiger partial charge on any atom is 0.317 e. The minimum absolute atomic E-state index is 0.379. The van der Waals surface area contributed by atoms with E-state index in [0.29, 0.717) is 19.2 Å². The molecule has 21 heavy (non-hydrogen) atoms. The van der Waals surface area contributed by atoms with Crippen LogP contribution in [0, 0.1) is 0 Å². The maximum atomic E-state index is 5.57. The van der Waals surface area contributed by atoms with E-state index in [2.05, 4.69) is 9.97 Å². The molecule has 2 aromatic carbocycles. The highest BCUT2D eigenvalue weighted by Crippen LogP contribution is 2.27. The van der Waals surface area contributed by atoms with Crippen LogP contribution in [-0.4, -0.2) is 30.3 Å². The lowest BCUT2D eigenvalue weighted by Gasteiger charge is -2.09. The van der Waals surface area contributed by atoms with Crippen molar-refractivity contribution in [2.45, 2.75) is 0 Å². The lowest BCUT2D eigenvalue weighted by atomic mass is 10.1. The fourth-order valence-electron chi connectivity index (χ4n) is 2.15. The van der Waals surface area contributed by atoms with E-state index in [-0.39, 0.29) is 0 Å². The Morgan fingerprint density at radius 1 is 0.857 bits per heavy atom. The molecular weight excluding hydrogens is 264 g/mol. The molecule has 0 saturated heterocycles. The van der Waals surface area contributed by atoms with Gasteiger partial charge in [0.2, 0.25) is 0 Å². The molecule has 1 heterocycles. The van der Waals surface area contributed by atoms with Crippen molar-refractivity contribution in [3.05, 3.63) is 54.6 Å². The van der Waals surface area contributed by atoms with E-state index in [9.17, 15) is 0 Å². The van der Waals surface area contributed by atoms with Crippen LogP contribution in [0.25, 0.3) is 22.2 Å². The molecule has 0 aliphatic carbocycles. The predicted octanol–water partition coefficient (Wildman–Crippen LogP) is 3.32. The quantitative estimate of drug-likeness (QED) is 0.672. The van der Waals surface area contributed by atoms with E-state index in [4.69, 9.17) is 9.47 Å². The summed E-state index contributed by atoms with van der Waals surface area (Å²) in [4.78, 5) is 9.00. The first kappa shape index (κ1) is 13.5. The van der Waals surface area contributed by atoms with Crippen LogP contribution in [0.2, 0.25) is 0 Å². The molecule has 106 valence electrons. The zero-order valence-electron chi connectivity index (χ0n) is 11.8. The number of benzene rings is 2. The lowest BCUT2D eigenvalue weighted by molar-refractivity contribution is 0.141. The Morgan fingerprint density at radius 3 is 2.43 bits per heavy atom. The van der Waals surface area contributed by atoms with Gasteiger partial charge in [-0.15, -0.1) is 0 Å². The van der Waals surface area contributed by atoms with Gasteiger partial charge < -0.3 is 9.47 Å². The average molecular weight is 280 g/mol. The summed E-state index contributed by atoms with van der Waals surface area (Å²) in [6, 6.07) is 18.4. The molecule has 0 radical (unpaired) electrons. The van der Waals surface area contributed by atoms with E-state index in [1.807, 2.05) is 54.6 Å². The zero-order chi connectivity index (χ0) is 14.5. The van der Waals surface area contributed by atoms with Crippen LogP contribution in [0.4, 0.5) is 0 Å². The van der Waals surface area contributed by atoms with Gasteiger partial charge in [0, 0.05) is 18.1 Å². The van der Waals surface area contributed by atoms with Crippen molar-refractivity contribution in [1.82, 2.24) is 9.97 Å². The van der Waals surface area contributed by atoms with Gasteiger partial charge in [0.15, 0.2) is 0 Å². The van der Waals surface area contributed by atoms with E-state index < -0.39 is 0 Å². The van der Waals surface area contributed by atoms with Crippen molar-refractivity contribution in [2.75, 3.05) is 20.3 Å². The molecule has 0 amide bonds. The Morgan fingerprint density at radius 2 is 1.62 bits per heavy atom. The summed E-state index contributed by atoms with van der Waals surface area (Å²) in [6.07, 6.45) is 0. The van der Waals surface area contributed by atoms with E-state index in [1.165, 1.54) is 0 Å². The van der Waals surface area contributed by atoms with E-state index in [1.54, 1.807) is 7.11 Å². The molecule has 0 fully saturated rings. The third-order valence-electron chi connectivity index (χ3n) is 3.15. The van der Waals surface area contributed by atoms with Gasteiger partial charge >= 0.3 is 6.01 Å². The Bertz CT molecular complexity index is 729. The highest BCUT2D eigenvalue weighted by molar-refractivity contribution is 5.92. The van der Waals surface area contributed by atoms with Crippen LogP contribution in [0.5, 0.6) is 6.01 Å². The van der Waals surface area contributed by atoms with Gasteiger partial charge in [0.1, 0.15) is 6.61 Å². The number of para-hydroxylation sites is 1. The van der Waals surface area contributed by atoms with Crippen molar-refractivity contribution in [3.8, 4) is 17.3 Å². The third-order valence-corrected chi connectivity index (χ3v) is 3.15. The van der Waals surface area contributed by atoms with Crippen molar-refractivity contribution in [3.63, 3.8) is 0 Å². The first-order chi connectivity index (χ1) is 10.4. The van der Waals surface area contributed by atoms with Crippen LogP contribution < -0.4 is 4.74 Å². The molecule has 4 nitrogen and oxygen atoms in total. The monoisotopic (exact) mass is 280 g/mol. The number of rotatable bonds is 5. The number of hydrogen-bond acceptors (Lipinski definition) is 4. The molecule has 0 aliphatic heterocycles. The number of methoxy groups -OCH3 is 1. The van der Waals surface area contributed by atoms with Gasteiger partial charge in [-0.1, -0.05) is 48.5 Å². The van der Waals surface area contributed by atoms with Crippen LogP contribution in [0.1, 0.15) is 0 Å². The molecule has 0 saturated carbocycles. The summed E-state index contributed by atoms with van der Waals surface area (Å²) in [7, 11) is 1.64. The Balaban J connectivity index is 2.08. The van der Waals surface area contributed by atoms with Crippen LogP contribution >= 0.6 is 0 Å². The van der Waals surface area contributed by atoms with Gasteiger partial charge in [-0.25, -0.2) is 0 Å². The first-order valence-corrected chi connectivity index (χ1v) is 6.82. The Labute approximate surface area is 123 Å². The van der Waals surface area contributed by atoms with Gasteiger partial charge in [-0.05, 0) is 6.07 Å². The topological polar surface area (TPSA) is 44.2 Å². The second-order valence-electron chi connectivity index (χ2n) is 4.58. The van der Waals surface area contributed by atoms with Gasteiger partial charge in [-0.3, -0.25) is 0 Å². The number of hydrogen-bond donors (Lipinski definition) is 0. The summed E-state index contributed by atoms with van der Waals surface area (Å²) in [5.74, 6) is 0. The molecule has 3 rings (SSSR count). The predicted molar refractivity (Wildman–Crippen MR) is 82.3 cm³/mol. The molecule has 0 N–H and O–H groups in total. The number of ether oxygens (including phenoxy) is 2. The van der Waals surface area contributed by atoms with Crippen molar-refractivity contribution in [2.24, 2.45) is 0 Å². The minimum Gasteiger partial charge on any atom is -0.461 e. The molecular formula is C17H16N2O2. The van der Waals surface area contributed by atoms with Gasteiger partial charge in [0.05, 0.1) is 17.8 Å². The Hall–Kier alpha value is -2.46. The largest absolute Gasteiger partial charge is 0.461 e. The SMILES string of the molecule is COCCOc1nc(-c2ccccc2)c2ccccc2n1. The fourth-order valence-corrected chi connectivity index (χ4v) is 2.15. The molecule has 1 aromatic heterocycles. The molecule has 0 aliphatic rings. The normalized spacial score (nSPS) is 10.7. The Kier molecular flexibility index (Phi) is 4.07. The number of nitrogens with zero attached hydrogens (tertiary/aromatic N) is 2. The van der Waals surface area contributed by atoms with Crippen LogP contribution in [0.3, 0.4) is 0 Å². The van der Waals surface area contributed by atoms with Crippen molar-refractivity contribution >= 4 is 10.9 Å². The summed E-state index contributed by atoms with van der Waals surface area (Å²) < 4.78 is 10.6. The summed E-state index contributed by atoms with van der Waals surface area (Å²) in [6.45, 7) is 0.944. The van der Waals surface area contributed by atoms with Crippen molar-refractivity contribution < 1.29 is 9.47 Å². The van der Waals surface area contributed by atoms with Gasteiger partial charge in [-0.2, -0.15) is 9.97 Å². The molecule has 3 aromatic rings. The summed E-state index contributed by atoms with van der Waals surface area (Å²) >= 11 is 0. The van der Waals surface area contributed by atoms with E-state index >= 15 is 0 Å². The first-order valence-electron chi connectivity index (χ1n) is 6.82. The molecule has 0 bridgehead atoms. The summed E-state index contributed by atoms with van der Waals surface area (Å²) in [5, 5.41) is 1.02.